The number of nitrogens with zero attached hydrogens (tertiary/aromatic N) is 3. The second kappa shape index (κ2) is 4.53. The van der Waals surface area contributed by atoms with Crippen LogP contribution in [0.5, 0.6) is 0 Å². The number of rotatable bonds is 2. The van der Waals surface area contributed by atoms with Crippen LogP contribution in [-0.4, -0.2) is 15.0 Å². The zero-order valence-electron chi connectivity index (χ0n) is 10.9. The average Bonchev–Trinajstić information content (AvgIpc) is 2.47. The van der Waals surface area contributed by atoms with Crippen molar-refractivity contribution in [2.24, 2.45) is 0 Å². The fraction of sp³-hybridized carbons (Fsp3) is 0.133. The summed E-state index contributed by atoms with van der Waals surface area (Å²) in [6.45, 7) is 0.132. The first-order valence-electron chi connectivity index (χ1n) is 6.50. The van der Waals surface area contributed by atoms with Crippen molar-refractivity contribution in [2.75, 3.05) is 0 Å². The molecule has 0 atom stereocenters. The van der Waals surface area contributed by atoms with Crippen LogP contribution < -0.4 is 0 Å². The lowest BCUT2D eigenvalue weighted by Crippen LogP contribution is -1.96. The van der Waals surface area contributed by atoms with E-state index in [1.807, 2.05) is 30.3 Å². The predicted octanol–water partition coefficient (Wildman–Crippen LogP) is 2.92. The summed E-state index contributed by atoms with van der Waals surface area (Å²) in [5.41, 5.74) is 4.23. The molecule has 0 radical (unpaired) electrons. The van der Waals surface area contributed by atoms with E-state index in [9.17, 15) is 0 Å². The van der Waals surface area contributed by atoms with Gasteiger partial charge in [-0.3, -0.25) is 4.98 Å². The zero-order valence-corrected chi connectivity index (χ0v) is 9.87. The summed E-state index contributed by atoms with van der Waals surface area (Å²) < 4.78 is 7.32. The lowest BCUT2D eigenvalue weighted by atomic mass is 10.1. The van der Waals surface area contributed by atoms with Crippen LogP contribution in [0.3, 0.4) is 0 Å². The fourth-order valence-electron chi connectivity index (χ4n) is 1.88. The Bertz CT molecular complexity index is 698. The van der Waals surface area contributed by atoms with Crippen molar-refractivity contribution in [2.45, 2.75) is 13.3 Å². The molecule has 2 heterocycles. The Balaban J connectivity index is 1.96. The Morgan fingerprint density at radius 1 is 1.06 bits per heavy atom. The summed E-state index contributed by atoms with van der Waals surface area (Å²) in [4.78, 5) is 13.1. The van der Waals surface area contributed by atoms with Gasteiger partial charge in [-0.1, -0.05) is 30.3 Å². The number of benzene rings is 1. The molecular weight excluding hydrogens is 222 g/mol. The second-order valence-electron chi connectivity index (χ2n) is 4.17. The van der Waals surface area contributed by atoms with E-state index in [0.717, 1.165) is 17.6 Å². The zero-order chi connectivity index (χ0) is 13.1. The molecule has 0 unspecified atom stereocenters. The van der Waals surface area contributed by atoms with Gasteiger partial charge >= 0.3 is 0 Å². The molecule has 2 aromatic heterocycles. The summed E-state index contributed by atoms with van der Waals surface area (Å²) in [6.07, 6.45) is 2.41. The highest BCUT2D eigenvalue weighted by atomic mass is 14.9. The van der Waals surface area contributed by atoms with Crippen molar-refractivity contribution in [1.82, 2.24) is 15.0 Å². The van der Waals surface area contributed by atoms with E-state index < -0.39 is 0 Å². The van der Waals surface area contributed by atoms with Gasteiger partial charge < -0.3 is 0 Å². The molecule has 0 aliphatic carbocycles. The van der Waals surface area contributed by atoms with E-state index in [1.165, 1.54) is 5.56 Å². The van der Waals surface area contributed by atoms with Gasteiger partial charge in [0, 0.05) is 19.7 Å². The topological polar surface area (TPSA) is 38.7 Å². The molecule has 18 heavy (non-hydrogen) atoms. The van der Waals surface area contributed by atoms with Crippen LogP contribution in [0.25, 0.3) is 11.2 Å². The molecule has 0 aliphatic heterocycles. The SMILES string of the molecule is [2H]Cc1cnc2ccc(Cc3ccccc3)nc2n1. The Labute approximate surface area is 107 Å². The molecule has 0 bridgehead atoms. The highest BCUT2D eigenvalue weighted by molar-refractivity contribution is 5.69. The van der Waals surface area contributed by atoms with E-state index >= 15 is 0 Å². The molecular formula is C15H13N3. The Kier molecular flexibility index (Phi) is 2.44. The fourth-order valence-corrected chi connectivity index (χ4v) is 1.88. The number of fused-ring (bicyclic) bond motifs is 1. The molecule has 0 saturated heterocycles. The molecule has 0 saturated carbocycles. The number of aryl methyl sites for hydroxylation is 1. The van der Waals surface area contributed by atoms with Crippen molar-refractivity contribution in [3.05, 3.63) is 65.6 Å². The number of aromatic nitrogens is 3. The quantitative estimate of drug-likeness (QED) is 0.686. The van der Waals surface area contributed by atoms with Gasteiger partial charge in [-0.15, -0.1) is 0 Å². The predicted molar refractivity (Wildman–Crippen MR) is 71.3 cm³/mol. The van der Waals surface area contributed by atoms with Gasteiger partial charge in [-0.25, -0.2) is 9.97 Å². The monoisotopic (exact) mass is 236 g/mol. The van der Waals surface area contributed by atoms with Gasteiger partial charge in [0.1, 0.15) is 5.52 Å². The van der Waals surface area contributed by atoms with Crippen molar-refractivity contribution in [3.8, 4) is 0 Å². The minimum Gasteiger partial charge on any atom is -0.251 e. The van der Waals surface area contributed by atoms with E-state index in [1.54, 1.807) is 6.20 Å². The second-order valence-corrected chi connectivity index (χ2v) is 4.17. The molecule has 0 N–H and O–H groups in total. The summed E-state index contributed by atoms with van der Waals surface area (Å²) in [7, 11) is 0. The third kappa shape index (κ3) is 2.20. The van der Waals surface area contributed by atoms with E-state index in [0.29, 0.717) is 11.3 Å². The van der Waals surface area contributed by atoms with Crippen LogP contribution in [-0.2, 0) is 6.42 Å². The molecule has 1 aromatic carbocycles. The molecule has 3 heteroatoms. The van der Waals surface area contributed by atoms with Crippen LogP contribution >= 0.6 is 0 Å². The summed E-state index contributed by atoms with van der Waals surface area (Å²) in [5, 5.41) is 0. The Hall–Kier alpha value is -2.29. The van der Waals surface area contributed by atoms with E-state index in [-0.39, 0.29) is 6.90 Å². The number of hydrogen-bond donors (Lipinski definition) is 0. The van der Waals surface area contributed by atoms with Crippen LogP contribution in [0.4, 0.5) is 0 Å². The summed E-state index contributed by atoms with van der Waals surface area (Å²) in [6, 6.07) is 14.1. The highest BCUT2D eigenvalue weighted by Crippen LogP contribution is 2.11. The highest BCUT2D eigenvalue weighted by Gasteiger charge is 2.02. The van der Waals surface area contributed by atoms with Crippen LogP contribution in [0.2, 0.25) is 0 Å². The lowest BCUT2D eigenvalue weighted by Gasteiger charge is -2.03. The minimum absolute atomic E-state index is 0.132. The smallest absolute Gasteiger partial charge is 0.178 e. The van der Waals surface area contributed by atoms with Gasteiger partial charge in [-0.05, 0) is 24.6 Å². The molecule has 3 nitrogen and oxygen atoms in total. The van der Waals surface area contributed by atoms with Gasteiger partial charge in [-0.2, -0.15) is 0 Å². The Morgan fingerprint density at radius 2 is 1.94 bits per heavy atom. The van der Waals surface area contributed by atoms with Gasteiger partial charge in [0.05, 0.1) is 5.69 Å². The normalized spacial score (nSPS) is 11.4. The van der Waals surface area contributed by atoms with Crippen molar-refractivity contribution in [3.63, 3.8) is 0 Å². The van der Waals surface area contributed by atoms with Gasteiger partial charge in [0.25, 0.3) is 0 Å². The lowest BCUT2D eigenvalue weighted by molar-refractivity contribution is 1.06. The molecule has 0 fully saturated rings. The molecule has 0 amide bonds. The summed E-state index contributed by atoms with van der Waals surface area (Å²) in [5.74, 6) is 0. The van der Waals surface area contributed by atoms with Gasteiger partial charge in [0.2, 0.25) is 0 Å². The molecule has 88 valence electrons. The first kappa shape index (κ1) is 9.71. The summed E-state index contributed by atoms with van der Waals surface area (Å²) >= 11 is 0. The molecule has 3 rings (SSSR count). The third-order valence-corrected chi connectivity index (χ3v) is 2.74. The van der Waals surface area contributed by atoms with Crippen LogP contribution in [0, 0.1) is 6.90 Å². The molecule has 0 aliphatic rings. The maximum Gasteiger partial charge on any atom is 0.178 e. The van der Waals surface area contributed by atoms with Crippen LogP contribution in [0.1, 0.15) is 18.3 Å². The molecule has 3 aromatic rings. The number of hydrogen-bond acceptors (Lipinski definition) is 3. The first-order valence-corrected chi connectivity index (χ1v) is 5.80. The first-order chi connectivity index (χ1) is 9.35. The van der Waals surface area contributed by atoms with Gasteiger partial charge in [0.15, 0.2) is 5.65 Å². The van der Waals surface area contributed by atoms with E-state index in [4.69, 9.17) is 1.37 Å². The minimum atomic E-state index is 0.132. The molecule has 0 spiro atoms. The van der Waals surface area contributed by atoms with Crippen molar-refractivity contribution >= 4 is 11.2 Å². The number of pyridine rings is 1. The largest absolute Gasteiger partial charge is 0.251 e. The standard InChI is InChI=1S/C15H13N3/c1-11-10-16-14-8-7-13(18-15(14)17-11)9-12-5-3-2-4-6-12/h2-8,10H,9H2,1H3/i1D. The van der Waals surface area contributed by atoms with E-state index in [2.05, 4.69) is 27.1 Å². The third-order valence-electron chi connectivity index (χ3n) is 2.74. The van der Waals surface area contributed by atoms with Crippen molar-refractivity contribution < 1.29 is 1.37 Å². The maximum absolute atomic E-state index is 7.32. The Morgan fingerprint density at radius 3 is 2.78 bits per heavy atom. The average molecular weight is 236 g/mol. The van der Waals surface area contributed by atoms with Crippen LogP contribution in [0.15, 0.2) is 48.7 Å². The maximum atomic E-state index is 7.32. The van der Waals surface area contributed by atoms with Crippen molar-refractivity contribution in [1.29, 1.82) is 0 Å².